The molecule has 0 bridgehead atoms. The molecule has 0 spiro atoms. The predicted molar refractivity (Wildman–Crippen MR) is 121 cm³/mol. The van der Waals surface area contributed by atoms with E-state index in [1.54, 1.807) is 24.3 Å². The van der Waals surface area contributed by atoms with E-state index >= 15 is 0 Å². The first-order chi connectivity index (χ1) is 17.1. The van der Waals surface area contributed by atoms with Gasteiger partial charge in [-0.25, -0.2) is 0 Å². The summed E-state index contributed by atoms with van der Waals surface area (Å²) in [4.78, 5) is 24.4. The molecule has 36 heavy (non-hydrogen) atoms. The Labute approximate surface area is 207 Å². The van der Waals surface area contributed by atoms with Gasteiger partial charge in [0, 0.05) is 19.6 Å². The van der Waals surface area contributed by atoms with Gasteiger partial charge < -0.3 is 55.1 Å². The number of aliphatic hydroxyl groups excluding tert-OH is 5. The van der Waals surface area contributed by atoms with E-state index < -0.39 is 86.3 Å². The second-order valence-electron chi connectivity index (χ2n) is 8.85. The van der Waals surface area contributed by atoms with Gasteiger partial charge in [0.1, 0.15) is 42.7 Å². The number of aryl methyl sites for hydroxylation is 1. The molecule has 0 radical (unpaired) electrons. The molecule has 6 unspecified atom stereocenters. The maximum Gasteiger partial charge on any atom is 0.251 e. The van der Waals surface area contributed by atoms with Crippen LogP contribution in [0.3, 0.4) is 0 Å². The minimum atomic E-state index is -1.65. The molecule has 2 saturated heterocycles. The zero-order chi connectivity index (χ0) is 26.6. The van der Waals surface area contributed by atoms with Gasteiger partial charge in [0.15, 0.2) is 12.6 Å². The molecule has 2 aliphatic heterocycles. The Morgan fingerprint density at radius 3 is 2.06 bits per heavy atom. The van der Waals surface area contributed by atoms with E-state index in [2.05, 4.69) is 10.6 Å². The Morgan fingerprint density at radius 2 is 1.50 bits per heavy atom. The van der Waals surface area contributed by atoms with Crippen LogP contribution in [-0.2, 0) is 23.7 Å². The van der Waals surface area contributed by atoms with E-state index in [0.29, 0.717) is 0 Å². The molecule has 0 aromatic heterocycles. The molecule has 2 aliphatic rings. The number of carbonyl (C=O) groups excluding carboxylic acids is 2. The van der Waals surface area contributed by atoms with Crippen molar-refractivity contribution in [3.63, 3.8) is 0 Å². The van der Waals surface area contributed by atoms with Crippen LogP contribution in [0, 0.1) is 6.92 Å². The highest BCUT2D eigenvalue weighted by Gasteiger charge is 2.51. The number of aliphatic hydroxyl groups is 5. The third kappa shape index (κ3) is 6.19. The Kier molecular flexibility index (Phi) is 9.74. The molecule has 13 heteroatoms. The quantitative estimate of drug-likeness (QED) is 0.189. The van der Waals surface area contributed by atoms with Gasteiger partial charge in [-0.05, 0) is 19.1 Å². The lowest BCUT2D eigenvalue weighted by Crippen LogP contribution is -2.69. The number of ether oxygens (including phenoxy) is 4. The van der Waals surface area contributed by atoms with Crippen molar-refractivity contribution in [2.75, 3.05) is 20.3 Å². The summed E-state index contributed by atoms with van der Waals surface area (Å²) in [6.45, 7) is 1.81. The third-order valence-corrected chi connectivity index (χ3v) is 6.24. The van der Waals surface area contributed by atoms with Crippen molar-refractivity contribution in [1.82, 2.24) is 10.6 Å². The van der Waals surface area contributed by atoms with Crippen molar-refractivity contribution in [2.24, 2.45) is 0 Å². The van der Waals surface area contributed by atoms with Crippen molar-refractivity contribution >= 4 is 11.8 Å². The van der Waals surface area contributed by atoms with Crippen molar-refractivity contribution in [3.05, 3.63) is 35.4 Å². The summed E-state index contributed by atoms with van der Waals surface area (Å²) < 4.78 is 22.1. The standard InChI is InChI=1S/C23H34N2O11/c1-10-4-6-12(7-5-10)21(32)25-15-17(29)13(8-26)34-23(19(15)31)36-20-14(9-27)35-22(33-3)16(18(20)30)24-11(2)28/h4-7,13-20,22-23,26-27,29-31H,8-9H2,1-3H3,(H,24,28)(H,25,32)/t13?,14?,15?,16?,17-,18?,19?,20+,22+,23-/m0/s1. The highest BCUT2D eigenvalue weighted by atomic mass is 16.7. The van der Waals surface area contributed by atoms with Crippen LogP contribution < -0.4 is 10.6 Å². The minimum Gasteiger partial charge on any atom is -0.394 e. The number of hydrogen-bond donors (Lipinski definition) is 7. The number of benzene rings is 1. The number of rotatable bonds is 8. The summed E-state index contributed by atoms with van der Waals surface area (Å²) >= 11 is 0. The van der Waals surface area contributed by atoms with E-state index in [1.807, 2.05) is 6.92 Å². The number of amides is 2. The van der Waals surface area contributed by atoms with Gasteiger partial charge >= 0.3 is 0 Å². The summed E-state index contributed by atoms with van der Waals surface area (Å²) in [6, 6.07) is 4.21. The molecule has 7 N–H and O–H groups in total. The van der Waals surface area contributed by atoms with Crippen LogP contribution in [0.5, 0.6) is 0 Å². The molecule has 2 heterocycles. The largest absolute Gasteiger partial charge is 0.394 e. The maximum atomic E-state index is 12.7. The fourth-order valence-electron chi connectivity index (χ4n) is 4.29. The number of carbonyl (C=O) groups is 2. The molecule has 10 atom stereocenters. The monoisotopic (exact) mass is 514 g/mol. The summed E-state index contributed by atoms with van der Waals surface area (Å²) in [5, 5.41) is 57.1. The number of nitrogens with one attached hydrogen (secondary N) is 2. The van der Waals surface area contributed by atoms with Crippen LogP contribution in [0.2, 0.25) is 0 Å². The van der Waals surface area contributed by atoms with E-state index in [9.17, 15) is 35.1 Å². The fraction of sp³-hybridized carbons (Fsp3) is 0.652. The highest BCUT2D eigenvalue weighted by Crippen LogP contribution is 2.29. The van der Waals surface area contributed by atoms with Crippen molar-refractivity contribution in [1.29, 1.82) is 0 Å². The zero-order valence-corrected chi connectivity index (χ0v) is 20.2. The normalized spacial score (nSPS) is 36.8. The lowest BCUT2D eigenvalue weighted by Gasteiger charge is -2.47. The zero-order valence-electron chi connectivity index (χ0n) is 20.2. The Bertz CT molecular complexity index is 885. The summed E-state index contributed by atoms with van der Waals surface area (Å²) in [7, 11) is 1.30. The Morgan fingerprint density at radius 1 is 0.889 bits per heavy atom. The first-order valence-corrected chi connectivity index (χ1v) is 11.5. The van der Waals surface area contributed by atoms with E-state index in [0.717, 1.165) is 5.56 Å². The molecule has 1 aromatic carbocycles. The topological polar surface area (TPSA) is 196 Å². The first kappa shape index (κ1) is 28.4. The predicted octanol–water partition coefficient (Wildman–Crippen LogP) is -2.85. The molecule has 2 fully saturated rings. The van der Waals surface area contributed by atoms with Crippen molar-refractivity contribution < 1.29 is 54.1 Å². The number of methoxy groups -OCH3 is 1. The van der Waals surface area contributed by atoms with Gasteiger partial charge in [0.05, 0.1) is 19.3 Å². The van der Waals surface area contributed by atoms with E-state index in [4.69, 9.17) is 18.9 Å². The fourth-order valence-corrected chi connectivity index (χ4v) is 4.29. The van der Waals surface area contributed by atoms with Gasteiger partial charge in [0.2, 0.25) is 5.91 Å². The Balaban J connectivity index is 1.81. The van der Waals surface area contributed by atoms with Gasteiger partial charge in [-0.15, -0.1) is 0 Å². The van der Waals surface area contributed by atoms with Gasteiger partial charge in [-0.1, -0.05) is 17.7 Å². The van der Waals surface area contributed by atoms with Crippen molar-refractivity contribution in [2.45, 2.75) is 75.1 Å². The smallest absolute Gasteiger partial charge is 0.251 e. The molecule has 13 nitrogen and oxygen atoms in total. The lowest BCUT2D eigenvalue weighted by atomic mass is 9.94. The van der Waals surface area contributed by atoms with Crippen LogP contribution in [0.4, 0.5) is 0 Å². The average molecular weight is 515 g/mol. The molecule has 3 rings (SSSR count). The molecular weight excluding hydrogens is 480 g/mol. The second kappa shape index (κ2) is 12.4. The van der Waals surface area contributed by atoms with Crippen LogP contribution in [-0.4, -0.2) is 119 Å². The molecule has 0 saturated carbocycles. The Hall–Kier alpha value is -2.20. The lowest BCUT2D eigenvalue weighted by molar-refractivity contribution is -0.336. The average Bonchev–Trinajstić information content (AvgIpc) is 2.85. The van der Waals surface area contributed by atoms with Crippen LogP contribution in [0.15, 0.2) is 24.3 Å². The third-order valence-electron chi connectivity index (χ3n) is 6.24. The molecule has 1 aromatic rings. The molecule has 202 valence electrons. The van der Waals surface area contributed by atoms with Gasteiger partial charge in [0.25, 0.3) is 5.91 Å². The maximum absolute atomic E-state index is 12.7. The molecule has 2 amide bonds. The first-order valence-electron chi connectivity index (χ1n) is 11.5. The summed E-state index contributed by atoms with van der Waals surface area (Å²) in [5.41, 5.74) is 1.22. The summed E-state index contributed by atoms with van der Waals surface area (Å²) in [6.07, 6.45) is -11.0. The summed E-state index contributed by atoms with van der Waals surface area (Å²) in [5.74, 6) is -1.07. The van der Waals surface area contributed by atoms with Crippen molar-refractivity contribution in [3.8, 4) is 0 Å². The molecular formula is C23H34N2O11. The van der Waals surface area contributed by atoms with E-state index in [-0.39, 0.29) is 5.56 Å². The number of hydrogen-bond acceptors (Lipinski definition) is 11. The second-order valence-corrected chi connectivity index (χ2v) is 8.85. The van der Waals surface area contributed by atoms with Crippen LogP contribution >= 0.6 is 0 Å². The highest BCUT2D eigenvalue weighted by molar-refractivity contribution is 5.94. The minimum absolute atomic E-state index is 0.282. The van der Waals surface area contributed by atoms with Gasteiger partial charge in [-0.3, -0.25) is 9.59 Å². The SMILES string of the molecule is CO[C@@H]1OC(CO)[C@@H](O[C@@H]2OC(CO)[C@H](O)C(NC(=O)c3ccc(C)cc3)C2O)C(O)C1NC(C)=O. The van der Waals surface area contributed by atoms with Crippen LogP contribution in [0.1, 0.15) is 22.8 Å². The van der Waals surface area contributed by atoms with E-state index in [1.165, 1.54) is 14.0 Å². The van der Waals surface area contributed by atoms with Crippen LogP contribution in [0.25, 0.3) is 0 Å². The van der Waals surface area contributed by atoms with Gasteiger partial charge in [-0.2, -0.15) is 0 Å². The molecule has 0 aliphatic carbocycles.